The molecule has 1 fully saturated rings. The maximum absolute atomic E-state index is 13.6. The zero-order chi connectivity index (χ0) is 28.7. The van der Waals surface area contributed by atoms with Crippen molar-refractivity contribution in [2.24, 2.45) is 5.41 Å². The number of halogens is 1. The summed E-state index contributed by atoms with van der Waals surface area (Å²) in [6, 6.07) is 13.0. The number of morpholine rings is 1. The van der Waals surface area contributed by atoms with Crippen molar-refractivity contribution in [2.75, 3.05) is 39.5 Å². The fraction of sp³-hybridized carbons (Fsp3) is 0.452. The fourth-order valence-electron chi connectivity index (χ4n) is 4.59. The van der Waals surface area contributed by atoms with E-state index in [-0.39, 0.29) is 23.3 Å². The van der Waals surface area contributed by atoms with E-state index in [1.165, 1.54) is 0 Å². The van der Waals surface area contributed by atoms with E-state index in [1.54, 1.807) is 18.3 Å². The first-order valence-corrected chi connectivity index (χ1v) is 14.1. The molecule has 0 radical (unpaired) electrons. The summed E-state index contributed by atoms with van der Waals surface area (Å²) in [6.07, 6.45) is 1.95. The van der Waals surface area contributed by atoms with Crippen LogP contribution < -0.4 is 10.7 Å². The van der Waals surface area contributed by atoms with Crippen LogP contribution >= 0.6 is 11.6 Å². The van der Waals surface area contributed by atoms with Crippen LogP contribution in [-0.2, 0) is 33.9 Å². The summed E-state index contributed by atoms with van der Waals surface area (Å²) in [5, 5.41) is 3.97. The number of nitrogens with zero attached hydrogens (tertiary/aromatic N) is 2. The molecule has 0 unspecified atom stereocenters. The van der Waals surface area contributed by atoms with E-state index >= 15 is 0 Å². The van der Waals surface area contributed by atoms with E-state index in [9.17, 15) is 14.4 Å². The zero-order valence-corrected chi connectivity index (χ0v) is 24.3. The lowest BCUT2D eigenvalue weighted by atomic mass is 9.89. The minimum atomic E-state index is -0.439. The Balaban J connectivity index is 1.55. The number of carbonyl (C=O) groups excluding carboxylic acids is 2. The lowest BCUT2D eigenvalue weighted by molar-refractivity contribution is -0.127. The molecule has 9 heteroatoms. The molecular weight excluding hydrogens is 530 g/mol. The lowest BCUT2D eigenvalue weighted by Gasteiger charge is -2.26. The average Bonchev–Trinajstić information content (AvgIpc) is 2.93. The topological polar surface area (TPSA) is 89.9 Å². The monoisotopic (exact) mass is 567 g/mol. The quantitative estimate of drug-likeness (QED) is 0.345. The van der Waals surface area contributed by atoms with Crippen LogP contribution in [0, 0.1) is 5.41 Å². The van der Waals surface area contributed by atoms with Crippen LogP contribution in [-0.4, -0.2) is 60.7 Å². The number of rotatable bonds is 11. The second-order valence-corrected chi connectivity index (χ2v) is 11.6. The highest BCUT2D eigenvalue weighted by molar-refractivity contribution is 6.30. The highest BCUT2D eigenvalue weighted by Gasteiger charge is 2.21. The largest absolute Gasteiger partial charge is 0.379 e. The van der Waals surface area contributed by atoms with Crippen molar-refractivity contribution in [1.82, 2.24) is 14.8 Å². The molecule has 214 valence electrons. The Morgan fingerprint density at radius 2 is 1.73 bits per heavy atom. The van der Waals surface area contributed by atoms with Gasteiger partial charge in [-0.2, -0.15) is 0 Å². The van der Waals surface area contributed by atoms with Gasteiger partial charge in [0.25, 0.3) is 5.91 Å². The van der Waals surface area contributed by atoms with Gasteiger partial charge < -0.3 is 19.4 Å². The van der Waals surface area contributed by atoms with Crippen LogP contribution in [0.25, 0.3) is 10.9 Å². The van der Waals surface area contributed by atoms with Gasteiger partial charge in [0.15, 0.2) is 0 Å². The molecule has 2 aromatic carbocycles. The number of hydrogen-bond donors (Lipinski definition) is 1. The first-order valence-electron chi connectivity index (χ1n) is 13.7. The molecule has 1 aliphatic heterocycles. The minimum Gasteiger partial charge on any atom is -0.379 e. The Morgan fingerprint density at radius 3 is 2.42 bits per heavy atom. The summed E-state index contributed by atoms with van der Waals surface area (Å²) in [4.78, 5) is 41.3. The number of aromatic nitrogens is 1. The Labute approximate surface area is 240 Å². The Kier molecular flexibility index (Phi) is 10.1. The summed E-state index contributed by atoms with van der Waals surface area (Å²) in [6.45, 7) is 10.8. The van der Waals surface area contributed by atoms with Crippen molar-refractivity contribution in [3.63, 3.8) is 0 Å². The molecule has 0 aliphatic carbocycles. The number of pyridine rings is 1. The van der Waals surface area contributed by atoms with Crippen molar-refractivity contribution < 1.29 is 19.1 Å². The average molecular weight is 568 g/mol. The smallest absolute Gasteiger partial charge is 0.257 e. The van der Waals surface area contributed by atoms with Crippen LogP contribution in [0.4, 0.5) is 0 Å². The van der Waals surface area contributed by atoms with Gasteiger partial charge in [-0.05, 0) is 35.4 Å². The molecule has 3 aromatic rings. The predicted molar refractivity (Wildman–Crippen MR) is 157 cm³/mol. The van der Waals surface area contributed by atoms with Gasteiger partial charge >= 0.3 is 0 Å². The van der Waals surface area contributed by atoms with E-state index in [2.05, 4.69) is 10.2 Å². The van der Waals surface area contributed by atoms with Crippen molar-refractivity contribution in [2.45, 2.75) is 46.8 Å². The van der Waals surface area contributed by atoms with Gasteiger partial charge in [0.1, 0.15) is 11.3 Å². The van der Waals surface area contributed by atoms with Crippen LogP contribution in [0.5, 0.6) is 0 Å². The number of fused-ring (bicyclic) bond motifs is 1. The predicted octanol–water partition coefficient (Wildman–Crippen LogP) is 4.44. The zero-order valence-electron chi connectivity index (χ0n) is 23.5. The van der Waals surface area contributed by atoms with Gasteiger partial charge in [0.2, 0.25) is 5.43 Å². The molecule has 1 aromatic heterocycles. The Bertz CT molecular complexity index is 1390. The number of amides is 1. The normalized spacial score (nSPS) is 14.4. The van der Waals surface area contributed by atoms with E-state index in [0.29, 0.717) is 56.3 Å². The third kappa shape index (κ3) is 8.01. The third-order valence-corrected chi connectivity index (χ3v) is 7.30. The summed E-state index contributed by atoms with van der Waals surface area (Å²) >= 11 is 5.97. The van der Waals surface area contributed by atoms with Gasteiger partial charge in [0, 0.05) is 61.2 Å². The van der Waals surface area contributed by atoms with Crippen molar-refractivity contribution in [3.05, 3.63) is 80.6 Å². The van der Waals surface area contributed by atoms with E-state index in [4.69, 9.17) is 21.1 Å². The second kappa shape index (κ2) is 13.5. The maximum Gasteiger partial charge on any atom is 0.257 e. The number of benzene rings is 2. The van der Waals surface area contributed by atoms with Gasteiger partial charge in [0.05, 0.1) is 31.9 Å². The molecule has 40 heavy (non-hydrogen) atoms. The summed E-state index contributed by atoms with van der Waals surface area (Å²) < 4.78 is 13.1. The molecule has 2 heterocycles. The van der Waals surface area contributed by atoms with E-state index in [0.717, 1.165) is 29.7 Å². The fourth-order valence-corrected chi connectivity index (χ4v) is 4.72. The van der Waals surface area contributed by atoms with Gasteiger partial charge in [-0.1, -0.05) is 50.6 Å². The standard InChI is InChI=1S/C31H38ClN3O5/c1-31(2,3)28(36)10-14-39-17-13-35-21-26(30(38)33-19-22-4-7-24(32)8-5-22)29(37)25-18-23(6-9-27(25)35)20-34-11-15-40-16-12-34/h4-9,18,21H,10-17,19-20H2,1-3H3,(H,33,38). The molecule has 4 rings (SSSR count). The first-order chi connectivity index (χ1) is 19.1. The molecule has 0 saturated carbocycles. The van der Waals surface area contributed by atoms with Crippen LogP contribution in [0.2, 0.25) is 5.02 Å². The SMILES string of the molecule is CC(C)(C)C(=O)CCOCCn1cc(C(=O)NCc2ccc(Cl)cc2)c(=O)c2cc(CN3CCOCC3)ccc21. The highest BCUT2D eigenvalue weighted by atomic mass is 35.5. The molecule has 1 saturated heterocycles. The van der Waals surface area contributed by atoms with Crippen molar-refractivity contribution >= 4 is 34.2 Å². The van der Waals surface area contributed by atoms with Gasteiger partial charge in [-0.25, -0.2) is 0 Å². The lowest BCUT2D eigenvalue weighted by Crippen LogP contribution is -2.35. The third-order valence-electron chi connectivity index (χ3n) is 7.05. The van der Waals surface area contributed by atoms with Crippen LogP contribution in [0.1, 0.15) is 48.7 Å². The summed E-state index contributed by atoms with van der Waals surface area (Å²) in [5.41, 5.74) is 2.00. The molecule has 1 aliphatic rings. The Hall–Kier alpha value is -3.04. The molecule has 8 nitrogen and oxygen atoms in total. The molecule has 0 atom stereocenters. The van der Waals surface area contributed by atoms with E-state index < -0.39 is 11.3 Å². The van der Waals surface area contributed by atoms with Gasteiger partial charge in [-0.3, -0.25) is 19.3 Å². The van der Waals surface area contributed by atoms with Gasteiger partial charge in [-0.15, -0.1) is 0 Å². The number of nitrogens with one attached hydrogen (secondary N) is 1. The molecular formula is C31H38ClN3O5. The number of ketones is 1. The number of Topliss-reactive ketones (excluding diaryl/α,β-unsaturated/α-hetero) is 1. The second-order valence-electron chi connectivity index (χ2n) is 11.2. The van der Waals surface area contributed by atoms with Crippen molar-refractivity contribution in [1.29, 1.82) is 0 Å². The first kappa shape index (κ1) is 29.9. The maximum atomic E-state index is 13.6. The number of ether oxygens (including phenoxy) is 2. The molecule has 0 bridgehead atoms. The highest BCUT2D eigenvalue weighted by Crippen LogP contribution is 2.18. The number of hydrogen-bond acceptors (Lipinski definition) is 6. The summed E-state index contributed by atoms with van der Waals surface area (Å²) in [7, 11) is 0. The van der Waals surface area contributed by atoms with Crippen molar-refractivity contribution in [3.8, 4) is 0 Å². The van der Waals surface area contributed by atoms with E-state index in [1.807, 2.05) is 55.7 Å². The Morgan fingerprint density at radius 1 is 1.02 bits per heavy atom. The van der Waals surface area contributed by atoms with Crippen LogP contribution in [0.15, 0.2) is 53.5 Å². The molecule has 1 N–H and O–H groups in total. The number of carbonyl (C=O) groups is 2. The van der Waals surface area contributed by atoms with Crippen LogP contribution in [0.3, 0.4) is 0 Å². The summed E-state index contributed by atoms with van der Waals surface area (Å²) in [5.74, 6) is -0.292. The minimum absolute atomic E-state index is 0.0768. The molecule has 1 amide bonds. The molecule has 0 spiro atoms.